The number of benzene rings is 1. The maximum atomic E-state index is 11.8. The first-order valence-electron chi connectivity index (χ1n) is 6.65. The van der Waals surface area contributed by atoms with Crippen LogP contribution in [0.25, 0.3) is 10.9 Å². The number of fused-ring (bicyclic) bond motifs is 1. The van der Waals surface area contributed by atoms with E-state index >= 15 is 0 Å². The molecule has 20 heavy (non-hydrogen) atoms. The van der Waals surface area contributed by atoms with Crippen LogP contribution >= 0.6 is 11.8 Å². The molecule has 0 unspecified atom stereocenters. The van der Waals surface area contributed by atoms with Crippen LogP contribution in [0.15, 0.2) is 35.4 Å². The van der Waals surface area contributed by atoms with Crippen molar-refractivity contribution in [3.05, 3.63) is 35.9 Å². The lowest BCUT2D eigenvalue weighted by Gasteiger charge is -2.20. The molecular formula is C16H20N2OS. The zero-order valence-corrected chi connectivity index (χ0v) is 13.2. The van der Waals surface area contributed by atoms with Gasteiger partial charge in [-0.15, -0.1) is 0 Å². The summed E-state index contributed by atoms with van der Waals surface area (Å²) in [7, 11) is 0. The molecule has 0 atom stereocenters. The predicted molar refractivity (Wildman–Crippen MR) is 85.1 cm³/mol. The lowest BCUT2D eigenvalue weighted by Crippen LogP contribution is -2.41. The van der Waals surface area contributed by atoms with Crippen molar-refractivity contribution in [2.45, 2.75) is 38.3 Å². The number of aryl methyl sites for hydroxylation is 1. The summed E-state index contributed by atoms with van der Waals surface area (Å²) in [6, 6.07) is 10.1. The summed E-state index contributed by atoms with van der Waals surface area (Å²) in [6.45, 7) is 8.01. The molecule has 4 heteroatoms. The fourth-order valence-corrected chi connectivity index (χ4v) is 2.76. The average molecular weight is 288 g/mol. The van der Waals surface area contributed by atoms with Crippen LogP contribution in [0.1, 0.15) is 26.3 Å². The fourth-order valence-electron chi connectivity index (χ4n) is 1.99. The molecular weight excluding hydrogens is 268 g/mol. The normalized spacial score (nSPS) is 11.6. The minimum absolute atomic E-state index is 0.0371. The summed E-state index contributed by atoms with van der Waals surface area (Å²) < 4.78 is 0. The molecule has 1 N–H and O–H groups in total. The molecule has 0 radical (unpaired) electrons. The van der Waals surface area contributed by atoms with E-state index in [9.17, 15) is 4.79 Å². The lowest BCUT2D eigenvalue weighted by molar-refractivity contribution is -0.119. The first kappa shape index (κ1) is 14.9. The molecule has 0 saturated carbocycles. The van der Waals surface area contributed by atoms with E-state index in [-0.39, 0.29) is 11.4 Å². The minimum Gasteiger partial charge on any atom is -0.351 e. The Morgan fingerprint density at radius 1 is 1.30 bits per heavy atom. The van der Waals surface area contributed by atoms with Gasteiger partial charge in [0.05, 0.1) is 16.3 Å². The summed E-state index contributed by atoms with van der Waals surface area (Å²) >= 11 is 1.48. The van der Waals surface area contributed by atoms with Crippen LogP contribution < -0.4 is 5.32 Å². The van der Waals surface area contributed by atoms with Gasteiger partial charge in [0.25, 0.3) is 0 Å². The highest BCUT2D eigenvalue weighted by Crippen LogP contribution is 2.23. The van der Waals surface area contributed by atoms with Gasteiger partial charge in [0.1, 0.15) is 0 Å². The van der Waals surface area contributed by atoms with Crippen molar-refractivity contribution >= 4 is 28.6 Å². The van der Waals surface area contributed by atoms with Gasteiger partial charge in [-0.25, -0.2) is 4.98 Å². The van der Waals surface area contributed by atoms with E-state index < -0.39 is 0 Å². The Hall–Kier alpha value is -1.55. The number of hydrogen-bond donors (Lipinski definition) is 1. The summed E-state index contributed by atoms with van der Waals surface area (Å²) in [4.78, 5) is 16.4. The SMILES string of the molecule is Cc1cc(SCC(=O)NC(C)(C)C)nc2ccccc12. The molecule has 1 amide bonds. The van der Waals surface area contributed by atoms with Crippen molar-refractivity contribution in [2.24, 2.45) is 0 Å². The molecule has 0 bridgehead atoms. The van der Waals surface area contributed by atoms with Gasteiger partial charge in [0, 0.05) is 10.9 Å². The van der Waals surface area contributed by atoms with Gasteiger partial charge in [0.15, 0.2) is 0 Å². The molecule has 2 aromatic rings. The lowest BCUT2D eigenvalue weighted by atomic mass is 10.1. The summed E-state index contributed by atoms with van der Waals surface area (Å²) in [5.74, 6) is 0.428. The van der Waals surface area contributed by atoms with Crippen molar-refractivity contribution in [3.63, 3.8) is 0 Å². The maximum absolute atomic E-state index is 11.8. The Morgan fingerprint density at radius 3 is 2.70 bits per heavy atom. The van der Waals surface area contributed by atoms with Gasteiger partial charge in [-0.05, 0) is 45.4 Å². The third-order valence-electron chi connectivity index (χ3n) is 2.77. The number of thioether (sulfide) groups is 1. The molecule has 0 fully saturated rings. The Bertz CT molecular complexity index is 632. The van der Waals surface area contributed by atoms with Gasteiger partial charge < -0.3 is 5.32 Å². The van der Waals surface area contributed by atoms with Gasteiger partial charge >= 0.3 is 0 Å². The van der Waals surface area contributed by atoms with Crippen LogP contribution in [0.2, 0.25) is 0 Å². The van der Waals surface area contributed by atoms with E-state index in [1.165, 1.54) is 17.3 Å². The quantitative estimate of drug-likeness (QED) is 0.878. The molecule has 0 spiro atoms. The highest BCUT2D eigenvalue weighted by molar-refractivity contribution is 7.99. The number of pyridine rings is 1. The zero-order valence-electron chi connectivity index (χ0n) is 12.4. The molecule has 0 aliphatic heterocycles. The molecule has 2 rings (SSSR count). The third-order valence-corrected chi connectivity index (χ3v) is 3.68. The summed E-state index contributed by atoms with van der Waals surface area (Å²) in [5.41, 5.74) is 1.98. The Morgan fingerprint density at radius 2 is 2.00 bits per heavy atom. The number of hydrogen-bond acceptors (Lipinski definition) is 3. The molecule has 0 saturated heterocycles. The predicted octanol–water partition coefficient (Wildman–Crippen LogP) is 3.55. The number of nitrogens with one attached hydrogen (secondary N) is 1. The molecule has 0 aliphatic carbocycles. The van der Waals surface area contributed by atoms with Crippen molar-refractivity contribution in [2.75, 3.05) is 5.75 Å². The van der Waals surface area contributed by atoms with Crippen LogP contribution in [0.4, 0.5) is 0 Å². The molecule has 106 valence electrons. The molecule has 1 aromatic heterocycles. The topological polar surface area (TPSA) is 42.0 Å². The maximum Gasteiger partial charge on any atom is 0.230 e. The number of nitrogens with zero attached hydrogens (tertiary/aromatic N) is 1. The number of amides is 1. The van der Waals surface area contributed by atoms with Crippen molar-refractivity contribution in [1.82, 2.24) is 10.3 Å². The second kappa shape index (κ2) is 5.83. The third kappa shape index (κ3) is 3.97. The number of carbonyl (C=O) groups excluding carboxylic acids is 1. The van der Waals surface area contributed by atoms with Crippen LogP contribution in [0.3, 0.4) is 0 Å². The largest absolute Gasteiger partial charge is 0.351 e. The van der Waals surface area contributed by atoms with Gasteiger partial charge in [0.2, 0.25) is 5.91 Å². The second-order valence-corrected chi connectivity index (χ2v) is 6.88. The van der Waals surface area contributed by atoms with Gasteiger partial charge in [-0.3, -0.25) is 4.79 Å². The number of carbonyl (C=O) groups is 1. The number of rotatable bonds is 3. The van der Waals surface area contributed by atoms with Crippen LogP contribution in [-0.2, 0) is 4.79 Å². The van der Waals surface area contributed by atoms with E-state index in [0.29, 0.717) is 5.75 Å². The second-order valence-electron chi connectivity index (χ2n) is 5.88. The Labute approximate surface area is 124 Å². The standard InChI is InChI=1S/C16H20N2OS/c1-11-9-15(17-13-8-6-5-7-12(11)13)20-10-14(19)18-16(2,3)4/h5-9H,10H2,1-4H3,(H,18,19). The first-order valence-corrected chi connectivity index (χ1v) is 7.64. The highest BCUT2D eigenvalue weighted by atomic mass is 32.2. The van der Waals surface area contributed by atoms with Crippen molar-refractivity contribution in [3.8, 4) is 0 Å². The average Bonchev–Trinajstić information content (AvgIpc) is 2.34. The highest BCUT2D eigenvalue weighted by Gasteiger charge is 2.14. The molecule has 1 heterocycles. The van der Waals surface area contributed by atoms with E-state index in [1.807, 2.05) is 45.0 Å². The summed E-state index contributed by atoms with van der Waals surface area (Å²) in [6.07, 6.45) is 0. The Balaban J connectivity index is 2.09. The van der Waals surface area contributed by atoms with Crippen LogP contribution in [-0.4, -0.2) is 22.2 Å². The van der Waals surface area contributed by atoms with Gasteiger partial charge in [-0.1, -0.05) is 30.0 Å². The number of aromatic nitrogens is 1. The van der Waals surface area contributed by atoms with Crippen molar-refractivity contribution in [1.29, 1.82) is 0 Å². The van der Waals surface area contributed by atoms with Crippen molar-refractivity contribution < 1.29 is 4.79 Å². The summed E-state index contributed by atoms with van der Waals surface area (Å²) in [5, 5.41) is 5.01. The minimum atomic E-state index is -0.190. The monoisotopic (exact) mass is 288 g/mol. The van der Waals surface area contributed by atoms with Crippen LogP contribution in [0, 0.1) is 6.92 Å². The smallest absolute Gasteiger partial charge is 0.230 e. The zero-order chi connectivity index (χ0) is 14.8. The van der Waals surface area contributed by atoms with E-state index in [0.717, 1.165) is 15.9 Å². The van der Waals surface area contributed by atoms with E-state index in [2.05, 4.69) is 23.3 Å². The van der Waals surface area contributed by atoms with E-state index in [4.69, 9.17) is 0 Å². The Kier molecular flexibility index (Phi) is 4.33. The van der Waals surface area contributed by atoms with E-state index in [1.54, 1.807) is 0 Å². The fraction of sp³-hybridized carbons (Fsp3) is 0.375. The first-order chi connectivity index (χ1) is 9.35. The number of para-hydroxylation sites is 1. The van der Waals surface area contributed by atoms with Gasteiger partial charge in [-0.2, -0.15) is 0 Å². The molecule has 1 aromatic carbocycles. The molecule has 3 nitrogen and oxygen atoms in total. The van der Waals surface area contributed by atoms with Crippen LogP contribution in [0.5, 0.6) is 0 Å². The molecule has 0 aliphatic rings.